The van der Waals surface area contributed by atoms with Gasteiger partial charge in [-0.2, -0.15) is 0 Å². The van der Waals surface area contributed by atoms with E-state index in [9.17, 15) is 27.6 Å². The molecule has 52 heavy (non-hydrogen) atoms. The topological polar surface area (TPSA) is 173 Å². The molecule has 1 saturated heterocycles. The molecule has 0 radical (unpaired) electrons. The number of amides is 4. The lowest BCUT2D eigenvalue weighted by atomic mass is 10.0. The number of pyridine rings is 1. The van der Waals surface area contributed by atoms with Crippen LogP contribution in [0.1, 0.15) is 39.5 Å². The molecule has 0 spiro atoms. The number of fused-ring (bicyclic) bond motifs is 1. The standard InChI is InChI=1S/C38H43N5O8S/c1-6-24-20-38(24,37(47)42-52(48,49)27-14-15-27)41-35(45)31-18-26(21-43(31)36(46)34(22(3)4)40-33(44)7-2)51-32-19-29(23-11-9-8-10-12-23)39-30-17-25(50-5)13-16-28(30)32/h6-13,16-17,19,22,24,26-27,31,34H,1-2,14-15,18,20-21H2,3-5H3,(H,40,44)(H,41,45)(H,42,47)/t24-,26-,31+,34-,38-/m1/s1. The summed E-state index contributed by atoms with van der Waals surface area (Å²) in [7, 11) is -2.33. The van der Waals surface area contributed by atoms with Crippen molar-refractivity contribution < 1.29 is 37.1 Å². The third-order valence-corrected chi connectivity index (χ3v) is 11.7. The van der Waals surface area contributed by atoms with Crippen LogP contribution in [0.25, 0.3) is 22.2 Å². The molecule has 3 aromatic rings. The van der Waals surface area contributed by atoms with Crippen molar-refractivity contribution in [2.45, 2.75) is 68.5 Å². The van der Waals surface area contributed by atoms with Gasteiger partial charge in [-0.15, -0.1) is 6.58 Å². The molecule has 2 aromatic carbocycles. The molecule has 6 rings (SSSR count). The summed E-state index contributed by atoms with van der Waals surface area (Å²) in [6.07, 6.45) is 2.97. The highest BCUT2D eigenvalue weighted by molar-refractivity contribution is 7.91. The Labute approximate surface area is 302 Å². The van der Waals surface area contributed by atoms with Crippen molar-refractivity contribution in [2.75, 3.05) is 13.7 Å². The van der Waals surface area contributed by atoms with E-state index in [-0.39, 0.29) is 25.3 Å². The van der Waals surface area contributed by atoms with E-state index in [1.807, 2.05) is 42.5 Å². The Hall–Kier alpha value is -5.24. The Kier molecular flexibility index (Phi) is 10.1. The maximum Gasteiger partial charge on any atom is 0.259 e. The number of methoxy groups -OCH3 is 1. The summed E-state index contributed by atoms with van der Waals surface area (Å²) >= 11 is 0. The van der Waals surface area contributed by atoms with Crippen LogP contribution < -0.4 is 24.8 Å². The lowest BCUT2D eigenvalue weighted by Gasteiger charge is -2.31. The molecule has 1 aromatic heterocycles. The highest BCUT2D eigenvalue weighted by Crippen LogP contribution is 2.45. The van der Waals surface area contributed by atoms with E-state index in [1.54, 1.807) is 33.1 Å². The molecule has 3 aliphatic rings. The second-order valence-electron chi connectivity index (χ2n) is 13.9. The molecule has 0 unspecified atom stereocenters. The number of hydrogen-bond donors (Lipinski definition) is 3. The van der Waals surface area contributed by atoms with Gasteiger partial charge in [0.05, 0.1) is 30.1 Å². The molecule has 13 nitrogen and oxygen atoms in total. The van der Waals surface area contributed by atoms with Gasteiger partial charge in [0.15, 0.2) is 0 Å². The summed E-state index contributed by atoms with van der Waals surface area (Å²) in [5, 5.41) is 5.51. The molecule has 2 heterocycles. The van der Waals surface area contributed by atoms with Crippen LogP contribution in [0, 0.1) is 11.8 Å². The van der Waals surface area contributed by atoms with Gasteiger partial charge in [-0.25, -0.2) is 13.4 Å². The zero-order valence-electron chi connectivity index (χ0n) is 29.3. The van der Waals surface area contributed by atoms with Crippen molar-refractivity contribution in [3.8, 4) is 22.8 Å². The molecule has 2 saturated carbocycles. The maximum atomic E-state index is 14.2. The highest BCUT2D eigenvalue weighted by Gasteiger charge is 2.62. The van der Waals surface area contributed by atoms with Crippen molar-refractivity contribution in [1.82, 2.24) is 25.2 Å². The molecular formula is C38H43N5O8S. The first-order valence-corrected chi connectivity index (χ1v) is 18.8. The number of carbonyl (C=O) groups is 4. The first-order chi connectivity index (χ1) is 24.8. The van der Waals surface area contributed by atoms with Crippen molar-refractivity contribution in [1.29, 1.82) is 0 Å². The van der Waals surface area contributed by atoms with E-state index < -0.39 is 68.5 Å². The molecule has 3 N–H and O–H groups in total. The molecule has 5 atom stereocenters. The van der Waals surface area contributed by atoms with Gasteiger partial charge in [-0.3, -0.25) is 23.9 Å². The van der Waals surface area contributed by atoms with Gasteiger partial charge in [0.1, 0.15) is 35.2 Å². The number of aromatic nitrogens is 1. The number of carbonyl (C=O) groups excluding carboxylic acids is 4. The van der Waals surface area contributed by atoms with Crippen LogP contribution in [0.4, 0.5) is 0 Å². The van der Waals surface area contributed by atoms with Gasteiger partial charge < -0.3 is 25.0 Å². The van der Waals surface area contributed by atoms with E-state index in [0.29, 0.717) is 40.9 Å². The van der Waals surface area contributed by atoms with E-state index in [1.165, 1.54) is 11.0 Å². The van der Waals surface area contributed by atoms with Gasteiger partial charge in [0.2, 0.25) is 27.7 Å². The summed E-state index contributed by atoms with van der Waals surface area (Å²) in [4.78, 5) is 60.5. The molecule has 1 aliphatic heterocycles. The smallest absolute Gasteiger partial charge is 0.259 e. The van der Waals surface area contributed by atoms with Crippen LogP contribution in [-0.2, 0) is 29.2 Å². The van der Waals surface area contributed by atoms with Crippen LogP contribution in [0.3, 0.4) is 0 Å². The zero-order valence-corrected chi connectivity index (χ0v) is 30.1. The predicted octanol–water partition coefficient (Wildman–Crippen LogP) is 3.25. The Morgan fingerprint density at radius 3 is 2.40 bits per heavy atom. The minimum absolute atomic E-state index is 0.0229. The fraction of sp³-hybridized carbons (Fsp3) is 0.395. The van der Waals surface area contributed by atoms with Crippen molar-refractivity contribution in [3.05, 3.63) is 79.9 Å². The molecule has 0 bridgehead atoms. The van der Waals surface area contributed by atoms with Crippen LogP contribution >= 0.6 is 0 Å². The van der Waals surface area contributed by atoms with Crippen molar-refractivity contribution in [3.63, 3.8) is 0 Å². The van der Waals surface area contributed by atoms with Crippen LogP contribution in [0.15, 0.2) is 79.9 Å². The average Bonchev–Trinajstić information content (AvgIpc) is 4.06. The minimum Gasteiger partial charge on any atom is -0.497 e. The zero-order chi connectivity index (χ0) is 37.4. The third-order valence-electron chi connectivity index (χ3n) is 9.86. The number of hydrogen-bond acceptors (Lipinski definition) is 9. The Balaban J connectivity index is 1.33. The third kappa shape index (κ3) is 7.38. The number of nitrogens with one attached hydrogen (secondary N) is 3. The fourth-order valence-corrected chi connectivity index (χ4v) is 8.00. The number of benzene rings is 2. The summed E-state index contributed by atoms with van der Waals surface area (Å²) in [6, 6.07) is 14.6. The minimum atomic E-state index is -3.90. The Morgan fingerprint density at radius 2 is 1.79 bits per heavy atom. The second kappa shape index (κ2) is 14.4. The molecular weight excluding hydrogens is 687 g/mol. The number of nitrogens with zero attached hydrogens (tertiary/aromatic N) is 2. The lowest BCUT2D eigenvalue weighted by molar-refractivity contribution is -0.142. The summed E-state index contributed by atoms with van der Waals surface area (Å²) in [5.74, 6) is -2.36. The fourth-order valence-electron chi connectivity index (χ4n) is 6.64. The quantitative estimate of drug-likeness (QED) is 0.166. The molecule has 3 fully saturated rings. The van der Waals surface area contributed by atoms with E-state index in [2.05, 4.69) is 28.5 Å². The normalized spacial score (nSPS) is 23.0. The molecule has 274 valence electrons. The SMILES string of the molecule is C=CC(=O)N[C@@H](C(=O)N1C[C@H](Oc2cc(-c3ccccc3)nc3cc(OC)ccc23)C[C@H]1C(=O)N[C@]1(C(=O)NS(=O)(=O)C2CC2)C[C@H]1C=C)C(C)C. The summed E-state index contributed by atoms with van der Waals surface area (Å²) < 4.78 is 39.6. The first-order valence-electron chi connectivity index (χ1n) is 17.2. The Bertz CT molecular complexity index is 2030. The van der Waals surface area contributed by atoms with Gasteiger partial charge in [-0.05, 0) is 43.4 Å². The monoisotopic (exact) mass is 729 g/mol. The number of rotatable bonds is 14. The largest absolute Gasteiger partial charge is 0.497 e. The molecule has 14 heteroatoms. The van der Waals surface area contributed by atoms with Crippen LogP contribution in [0.2, 0.25) is 0 Å². The van der Waals surface area contributed by atoms with E-state index >= 15 is 0 Å². The molecule has 4 amide bonds. The second-order valence-corrected chi connectivity index (χ2v) is 15.8. The summed E-state index contributed by atoms with van der Waals surface area (Å²) in [6.45, 7) is 10.8. The number of ether oxygens (including phenoxy) is 2. The Morgan fingerprint density at radius 1 is 1.06 bits per heavy atom. The lowest BCUT2D eigenvalue weighted by Crippen LogP contribution is -2.59. The number of sulfonamides is 1. The van der Waals surface area contributed by atoms with Gasteiger partial charge in [-0.1, -0.05) is 56.8 Å². The van der Waals surface area contributed by atoms with Crippen molar-refractivity contribution >= 4 is 44.6 Å². The van der Waals surface area contributed by atoms with Crippen LogP contribution in [0.5, 0.6) is 11.5 Å². The summed E-state index contributed by atoms with van der Waals surface area (Å²) in [5.41, 5.74) is 0.556. The van der Waals surface area contributed by atoms with Gasteiger partial charge >= 0.3 is 0 Å². The van der Waals surface area contributed by atoms with E-state index in [4.69, 9.17) is 14.5 Å². The molecule has 2 aliphatic carbocycles. The van der Waals surface area contributed by atoms with Crippen LogP contribution in [-0.4, -0.2) is 84.6 Å². The average molecular weight is 730 g/mol. The van der Waals surface area contributed by atoms with Crippen molar-refractivity contribution in [2.24, 2.45) is 11.8 Å². The number of likely N-dealkylation sites (tertiary alicyclic amines) is 1. The maximum absolute atomic E-state index is 14.2. The van der Waals surface area contributed by atoms with Gasteiger partial charge in [0, 0.05) is 35.4 Å². The first kappa shape index (κ1) is 36.5. The highest BCUT2D eigenvalue weighted by atomic mass is 32.2. The van der Waals surface area contributed by atoms with Gasteiger partial charge in [0.25, 0.3) is 5.91 Å². The van der Waals surface area contributed by atoms with E-state index in [0.717, 1.165) is 11.6 Å². The predicted molar refractivity (Wildman–Crippen MR) is 194 cm³/mol.